The van der Waals surface area contributed by atoms with Crippen LogP contribution in [0.4, 0.5) is 5.69 Å². The number of methoxy groups -OCH3 is 1. The van der Waals surface area contributed by atoms with Crippen LogP contribution < -0.4 is 14.8 Å². The third-order valence-electron chi connectivity index (χ3n) is 3.76. The Labute approximate surface area is 155 Å². The molecule has 2 aromatic rings. The van der Waals surface area contributed by atoms with Gasteiger partial charge in [-0.3, -0.25) is 9.10 Å². The standard InChI is InChI=1S/C16H15ClN2O4S2/c1-23-13-4-3-11(17)9-15(13)25(21,22)19-6-7-24-14-5-2-10(16(18)20)8-12(14)19/h2-5,8-9H,6-7H2,1H3,(H2,18,20). The Kier molecular flexibility index (Phi) is 4.86. The van der Waals surface area contributed by atoms with Gasteiger partial charge < -0.3 is 10.5 Å². The highest BCUT2D eigenvalue weighted by Gasteiger charge is 2.32. The zero-order valence-electron chi connectivity index (χ0n) is 13.2. The number of carbonyl (C=O) groups is 1. The fraction of sp³-hybridized carbons (Fsp3) is 0.188. The Morgan fingerprint density at radius 2 is 2.04 bits per heavy atom. The van der Waals surface area contributed by atoms with Gasteiger partial charge in [0.2, 0.25) is 5.91 Å². The van der Waals surface area contributed by atoms with Crippen molar-refractivity contribution in [1.29, 1.82) is 0 Å². The monoisotopic (exact) mass is 398 g/mol. The Morgan fingerprint density at radius 1 is 1.28 bits per heavy atom. The summed E-state index contributed by atoms with van der Waals surface area (Å²) in [7, 11) is -2.53. The van der Waals surface area contributed by atoms with Gasteiger partial charge in [0.15, 0.2) is 0 Å². The minimum Gasteiger partial charge on any atom is -0.495 e. The molecule has 25 heavy (non-hydrogen) atoms. The Morgan fingerprint density at radius 3 is 2.72 bits per heavy atom. The van der Waals surface area contributed by atoms with Gasteiger partial charge in [-0.25, -0.2) is 8.42 Å². The van der Waals surface area contributed by atoms with Crippen LogP contribution >= 0.6 is 23.4 Å². The average molecular weight is 399 g/mol. The number of ether oxygens (including phenoxy) is 1. The zero-order chi connectivity index (χ0) is 18.2. The van der Waals surface area contributed by atoms with E-state index in [4.69, 9.17) is 22.1 Å². The van der Waals surface area contributed by atoms with Gasteiger partial charge in [-0.05, 0) is 36.4 Å². The van der Waals surface area contributed by atoms with Gasteiger partial charge >= 0.3 is 0 Å². The maximum absolute atomic E-state index is 13.2. The van der Waals surface area contributed by atoms with Crippen LogP contribution in [-0.2, 0) is 10.0 Å². The summed E-state index contributed by atoms with van der Waals surface area (Å²) in [5, 5.41) is 0.289. The number of hydrogen-bond acceptors (Lipinski definition) is 5. The molecule has 0 unspecified atom stereocenters. The number of carbonyl (C=O) groups excluding carboxylic acids is 1. The molecule has 0 radical (unpaired) electrons. The molecule has 1 heterocycles. The number of sulfonamides is 1. The van der Waals surface area contributed by atoms with Gasteiger partial charge in [0.1, 0.15) is 10.6 Å². The Balaban J connectivity index is 2.16. The van der Waals surface area contributed by atoms with Crippen molar-refractivity contribution in [2.24, 2.45) is 5.73 Å². The van der Waals surface area contributed by atoms with Crippen LogP contribution in [0.5, 0.6) is 5.75 Å². The molecule has 0 spiro atoms. The van der Waals surface area contributed by atoms with E-state index in [-0.39, 0.29) is 27.8 Å². The Hall–Kier alpha value is -1.90. The first-order valence-corrected chi connectivity index (χ1v) is 10.1. The lowest BCUT2D eigenvalue weighted by Crippen LogP contribution is -2.36. The summed E-state index contributed by atoms with van der Waals surface area (Å²) in [6, 6.07) is 9.22. The van der Waals surface area contributed by atoms with E-state index in [2.05, 4.69) is 0 Å². The molecule has 132 valence electrons. The second kappa shape index (κ2) is 6.78. The number of hydrogen-bond donors (Lipinski definition) is 1. The molecule has 0 aliphatic carbocycles. The minimum absolute atomic E-state index is 0.0233. The summed E-state index contributed by atoms with van der Waals surface area (Å²) < 4.78 is 32.9. The number of rotatable bonds is 4. The first-order valence-electron chi connectivity index (χ1n) is 7.27. The molecule has 0 saturated heterocycles. The highest BCUT2D eigenvalue weighted by molar-refractivity contribution is 8.00. The SMILES string of the molecule is COc1ccc(Cl)cc1S(=O)(=O)N1CCSc2ccc(C(N)=O)cc21. The normalized spacial score (nSPS) is 14.1. The molecule has 2 aromatic carbocycles. The summed E-state index contributed by atoms with van der Waals surface area (Å²) in [4.78, 5) is 12.2. The van der Waals surface area contributed by atoms with E-state index in [9.17, 15) is 13.2 Å². The van der Waals surface area contributed by atoms with Crippen molar-refractivity contribution in [3.05, 3.63) is 47.0 Å². The molecule has 9 heteroatoms. The maximum Gasteiger partial charge on any atom is 0.268 e. The number of fused-ring (bicyclic) bond motifs is 1. The van der Waals surface area contributed by atoms with Crippen LogP contribution in [0.2, 0.25) is 5.02 Å². The van der Waals surface area contributed by atoms with Crippen molar-refractivity contribution in [3.8, 4) is 5.75 Å². The largest absolute Gasteiger partial charge is 0.495 e. The molecule has 0 bridgehead atoms. The molecule has 0 fully saturated rings. The molecule has 1 amide bonds. The van der Waals surface area contributed by atoms with Crippen LogP contribution in [0, 0.1) is 0 Å². The van der Waals surface area contributed by atoms with Crippen LogP contribution in [-0.4, -0.2) is 33.7 Å². The fourth-order valence-electron chi connectivity index (χ4n) is 2.57. The predicted molar refractivity (Wildman–Crippen MR) is 98.2 cm³/mol. The number of benzene rings is 2. The summed E-state index contributed by atoms with van der Waals surface area (Å²) >= 11 is 7.50. The lowest BCUT2D eigenvalue weighted by atomic mass is 10.2. The van der Waals surface area contributed by atoms with E-state index in [0.717, 1.165) is 4.90 Å². The van der Waals surface area contributed by atoms with Crippen molar-refractivity contribution in [3.63, 3.8) is 0 Å². The molecule has 1 aliphatic rings. The summed E-state index contributed by atoms with van der Waals surface area (Å²) in [6.07, 6.45) is 0. The average Bonchev–Trinajstić information content (AvgIpc) is 2.60. The lowest BCUT2D eigenvalue weighted by Gasteiger charge is -2.30. The van der Waals surface area contributed by atoms with Gasteiger partial charge in [0, 0.05) is 27.8 Å². The van der Waals surface area contributed by atoms with E-state index in [0.29, 0.717) is 11.4 Å². The van der Waals surface area contributed by atoms with Crippen molar-refractivity contribution in [2.45, 2.75) is 9.79 Å². The third-order valence-corrected chi connectivity index (χ3v) is 6.87. The quantitative estimate of drug-likeness (QED) is 0.855. The van der Waals surface area contributed by atoms with E-state index < -0.39 is 15.9 Å². The van der Waals surface area contributed by atoms with Gasteiger partial charge in [0.05, 0.1) is 12.8 Å². The smallest absolute Gasteiger partial charge is 0.268 e. The minimum atomic E-state index is -3.92. The summed E-state index contributed by atoms with van der Waals surface area (Å²) in [5.41, 5.74) is 6.00. The van der Waals surface area contributed by atoms with E-state index in [1.54, 1.807) is 18.2 Å². The molecule has 0 atom stereocenters. The summed E-state index contributed by atoms with van der Waals surface area (Å²) in [5.74, 6) is 0.177. The number of thioether (sulfide) groups is 1. The molecule has 2 N–H and O–H groups in total. The predicted octanol–water partition coefficient (Wildman–Crippen LogP) is 2.75. The molecule has 6 nitrogen and oxygen atoms in total. The van der Waals surface area contributed by atoms with Crippen molar-refractivity contribution in [1.82, 2.24) is 0 Å². The molecule has 3 rings (SSSR count). The second-order valence-electron chi connectivity index (χ2n) is 5.27. The highest BCUT2D eigenvalue weighted by Crippen LogP contribution is 2.40. The number of primary amides is 1. The summed E-state index contributed by atoms with van der Waals surface area (Å²) in [6.45, 7) is 0.262. The van der Waals surface area contributed by atoms with Crippen LogP contribution in [0.1, 0.15) is 10.4 Å². The molecular weight excluding hydrogens is 384 g/mol. The van der Waals surface area contributed by atoms with Gasteiger partial charge in [0.25, 0.3) is 10.0 Å². The van der Waals surface area contributed by atoms with E-state index >= 15 is 0 Å². The van der Waals surface area contributed by atoms with Crippen LogP contribution in [0.15, 0.2) is 46.2 Å². The molecular formula is C16H15ClN2O4S2. The number of nitrogens with two attached hydrogens (primary N) is 1. The van der Waals surface area contributed by atoms with Crippen LogP contribution in [0.25, 0.3) is 0 Å². The van der Waals surface area contributed by atoms with Gasteiger partial charge in [-0.15, -0.1) is 11.8 Å². The number of halogens is 1. The maximum atomic E-state index is 13.2. The van der Waals surface area contributed by atoms with Crippen LogP contribution in [0.3, 0.4) is 0 Å². The number of nitrogens with zero attached hydrogens (tertiary/aromatic N) is 1. The number of amides is 1. The second-order valence-corrected chi connectivity index (χ2v) is 8.67. The van der Waals surface area contributed by atoms with Crippen molar-refractivity contribution < 1.29 is 17.9 Å². The molecule has 0 saturated carbocycles. The topological polar surface area (TPSA) is 89.7 Å². The number of anilines is 1. The molecule has 1 aliphatic heterocycles. The highest BCUT2D eigenvalue weighted by atomic mass is 35.5. The zero-order valence-corrected chi connectivity index (χ0v) is 15.6. The Bertz CT molecular complexity index is 947. The third kappa shape index (κ3) is 3.29. The van der Waals surface area contributed by atoms with Gasteiger partial charge in [-0.2, -0.15) is 0 Å². The van der Waals surface area contributed by atoms with Crippen molar-refractivity contribution >= 4 is 45.0 Å². The fourth-order valence-corrected chi connectivity index (χ4v) is 5.61. The first kappa shape index (κ1) is 17.9. The van der Waals surface area contributed by atoms with Gasteiger partial charge in [-0.1, -0.05) is 11.6 Å². The van der Waals surface area contributed by atoms with E-state index in [1.807, 2.05) is 0 Å². The molecule has 0 aromatic heterocycles. The lowest BCUT2D eigenvalue weighted by molar-refractivity contribution is 0.1000. The van der Waals surface area contributed by atoms with E-state index in [1.165, 1.54) is 41.4 Å². The van der Waals surface area contributed by atoms with Crippen molar-refractivity contribution in [2.75, 3.05) is 23.7 Å². The first-order chi connectivity index (χ1) is 11.8.